The van der Waals surface area contributed by atoms with Crippen LogP contribution in [0.1, 0.15) is 19.8 Å². The molecular formula is C14H17F3N2O5S. The molecule has 11 heteroatoms. The largest absolute Gasteiger partial charge is 0.481 e. The Labute approximate surface area is 142 Å². The number of rotatable bonds is 8. The summed E-state index contributed by atoms with van der Waals surface area (Å²) < 4.78 is 64.5. The van der Waals surface area contributed by atoms with Gasteiger partial charge in [-0.15, -0.1) is 0 Å². The molecule has 1 amide bonds. The Hall–Kier alpha value is -2.14. The zero-order chi connectivity index (χ0) is 19.3. The summed E-state index contributed by atoms with van der Waals surface area (Å²) in [6, 6.07) is 4.85. The minimum atomic E-state index is -4.73. The highest BCUT2D eigenvalue weighted by Gasteiger charge is 2.40. The highest BCUT2D eigenvalue weighted by molar-refractivity contribution is 7.89. The molecule has 0 unspecified atom stereocenters. The number of sulfonamides is 1. The van der Waals surface area contributed by atoms with Gasteiger partial charge in [0, 0.05) is 25.6 Å². The molecule has 0 saturated carbocycles. The second-order valence-electron chi connectivity index (χ2n) is 5.23. The van der Waals surface area contributed by atoms with Crippen LogP contribution in [-0.2, 0) is 19.6 Å². The molecule has 0 aliphatic carbocycles. The number of carboxylic acid groups (broad SMARTS) is 1. The van der Waals surface area contributed by atoms with E-state index in [1.807, 2.05) is 4.72 Å². The Balaban J connectivity index is 2.81. The lowest BCUT2D eigenvalue weighted by molar-refractivity contribution is -0.175. The molecule has 3 N–H and O–H groups in total. The molecule has 0 heterocycles. The van der Waals surface area contributed by atoms with Gasteiger partial charge < -0.3 is 10.4 Å². The van der Waals surface area contributed by atoms with Crippen molar-refractivity contribution in [2.45, 2.75) is 30.8 Å². The first-order valence-electron chi connectivity index (χ1n) is 7.07. The molecule has 7 nitrogen and oxygen atoms in total. The van der Waals surface area contributed by atoms with Gasteiger partial charge in [0.1, 0.15) is 0 Å². The van der Waals surface area contributed by atoms with Crippen LogP contribution in [0.15, 0.2) is 29.2 Å². The smallest absolute Gasteiger partial charge is 0.393 e. The zero-order valence-corrected chi connectivity index (χ0v) is 13.9. The summed E-state index contributed by atoms with van der Waals surface area (Å²) in [4.78, 5) is 21.0. The van der Waals surface area contributed by atoms with E-state index >= 15 is 0 Å². The van der Waals surface area contributed by atoms with Crippen molar-refractivity contribution < 1.29 is 36.3 Å². The van der Waals surface area contributed by atoms with Crippen LogP contribution in [-0.4, -0.2) is 38.1 Å². The third-order valence-corrected chi connectivity index (χ3v) is 4.61. The molecule has 0 aromatic heterocycles. The molecule has 1 rings (SSSR count). The number of nitrogens with one attached hydrogen (secondary N) is 2. The standard InChI is InChI=1S/C14H17F3N2O5S/c1-9(20)19-11-3-5-12(6-4-11)25(23,24)18-8-10(14(15,16)17)2-7-13(21)22/h3-6,10,18H,2,7-8H2,1H3,(H,19,20)(H,21,22)/t10-/m1/s1. The van der Waals surface area contributed by atoms with Gasteiger partial charge in [0.2, 0.25) is 15.9 Å². The normalized spacial score (nSPS) is 13.3. The van der Waals surface area contributed by atoms with Crippen molar-refractivity contribution in [1.29, 1.82) is 0 Å². The summed E-state index contributed by atoms with van der Waals surface area (Å²) in [5.74, 6) is -3.87. The van der Waals surface area contributed by atoms with E-state index in [0.717, 1.165) is 12.1 Å². The van der Waals surface area contributed by atoms with Crippen LogP contribution in [0.25, 0.3) is 0 Å². The summed E-state index contributed by atoms with van der Waals surface area (Å²) in [6.07, 6.45) is -6.19. The number of aliphatic carboxylic acids is 1. The lowest BCUT2D eigenvalue weighted by Crippen LogP contribution is -2.36. The van der Waals surface area contributed by atoms with Gasteiger partial charge in [-0.2, -0.15) is 13.2 Å². The number of benzene rings is 1. The molecule has 0 radical (unpaired) electrons. The summed E-state index contributed by atoms with van der Waals surface area (Å²) in [6.45, 7) is 0.299. The molecule has 0 saturated heterocycles. The van der Waals surface area contributed by atoms with Crippen molar-refractivity contribution in [3.05, 3.63) is 24.3 Å². The third kappa shape index (κ3) is 7.10. The maximum atomic E-state index is 12.9. The van der Waals surface area contributed by atoms with Crippen LogP contribution in [0.4, 0.5) is 18.9 Å². The van der Waals surface area contributed by atoms with Crippen LogP contribution in [0.3, 0.4) is 0 Å². The molecule has 25 heavy (non-hydrogen) atoms. The number of hydrogen-bond acceptors (Lipinski definition) is 4. The Bertz CT molecular complexity index is 717. The molecular weight excluding hydrogens is 365 g/mol. The quantitative estimate of drug-likeness (QED) is 0.636. The van der Waals surface area contributed by atoms with Gasteiger partial charge >= 0.3 is 12.1 Å². The SMILES string of the molecule is CC(=O)Nc1ccc(S(=O)(=O)NC[C@@H](CCC(=O)O)C(F)(F)F)cc1. The average molecular weight is 382 g/mol. The molecule has 1 atom stereocenters. The topological polar surface area (TPSA) is 113 Å². The van der Waals surface area contributed by atoms with E-state index in [1.54, 1.807) is 0 Å². The highest BCUT2D eigenvalue weighted by atomic mass is 32.2. The van der Waals surface area contributed by atoms with Crippen LogP contribution in [0, 0.1) is 5.92 Å². The summed E-state index contributed by atoms with van der Waals surface area (Å²) in [5.41, 5.74) is 0.334. The number of alkyl halides is 3. The molecule has 0 aliphatic rings. The van der Waals surface area contributed by atoms with E-state index < -0.39 is 47.5 Å². The number of anilines is 1. The van der Waals surface area contributed by atoms with E-state index in [2.05, 4.69) is 5.32 Å². The first kappa shape index (κ1) is 20.9. The van der Waals surface area contributed by atoms with Crippen LogP contribution < -0.4 is 10.0 Å². The van der Waals surface area contributed by atoms with Crippen molar-refractivity contribution in [3.63, 3.8) is 0 Å². The van der Waals surface area contributed by atoms with E-state index in [9.17, 15) is 31.2 Å². The first-order chi connectivity index (χ1) is 11.4. The van der Waals surface area contributed by atoms with Crippen molar-refractivity contribution in [3.8, 4) is 0 Å². The Morgan fingerprint density at radius 3 is 2.20 bits per heavy atom. The Morgan fingerprint density at radius 2 is 1.76 bits per heavy atom. The van der Waals surface area contributed by atoms with Crippen LogP contribution in [0.2, 0.25) is 0 Å². The van der Waals surface area contributed by atoms with Gasteiger partial charge in [-0.05, 0) is 30.7 Å². The van der Waals surface area contributed by atoms with Gasteiger partial charge in [-0.25, -0.2) is 13.1 Å². The molecule has 0 aliphatic heterocycles. The van der Waals surface area contributed by atoms with Gasteiger partial charge in [0.15, 0.2) is 0 Å². The maximum Gasteiger partial charge on any atom is 0.393 e. The predicted octanol–water partition coefficient (Wildman–Crippen LogP) is 1.97. The molecule has 140 valence electrons. The summed E-state index contributed by atoms with van der Waals surface area (Å²) >= 11 is 0. The van der Waals surface area contributed by atoms with Gasteiger partial charge in [0.05, 0.1) is 10.8 Å². The van der Waals surface area contributed by atoms with E-state index in [4.69, 9.17) is 5.11 Å². The minimum absolute atomic E-state index is 0.277. The third-order valence-electron chi connectivity index (χ3n) is 3.17. The van der Waals surface area contributed by atoms with Crippen molar-refractivity contribution in [2.24, 2.45) is 5.92 Å². The lowest BCUT2D eigenvalue weighted by Gasteiger charge is -2.20. The van der Waals surface area contributed by atoms with Crippen molar-refractivity contribution >= 4 is 27.6 Å². The fourth-order valence-corrected chi connectivity index (χ4v) is 2.98. The van der Waals surface area contributed by atoms with Crippen LogP contribution in [0.5, 0.6) is 0 Å². The average Bonchev–Trinajstić information content (AvgIpc) is 2.45. The van der Waals surface area contributed by atoms with Crippen molar-refractivity contribution in [1.82, 2.24) is 4.72 Å². The second kappa shape index (κ2) is 8.30. The predicted molar refractivity (Wildman–Crippen MR) is 82.3 cm³/mol. The Kier molecular flexibility index (Phi) is 6.94. The minimum Gasteiger partial charge on any atom is -0.481 e. The number of amides is 1. The number of carbonyl (C=O) groups is 2. The molecule has 1 aromatic carbocycles. The fraction of sp³-hybridized carbons (Fsp3) is 0.429. The lowest BCUT2D eigenvalue weighted by atomic mass is 10.0. The number of hydrogen-bond donors (Lipinski definition) is 3. The molecule has 0 spiro atoms. The number of carboxylic acids is 1. The van der Waals surface area contributed by atoms with E-state index in [-0.39, 0.29) is 10.8 Å². The fourth-order valence-electron chi connectivity index (χ4n) is 1.89. The van der Waals surface area contributed by atoms with Gasteiger partial charge in [-0.3, -0.25) is 9.59 Å². The maximum absolute atomic E-state index is 12.9. The summed E-state index contributed by atoms with van der Waals surface area (Å²) in [7, 11) is -4.21. The van der Waals surface area contributed by atoms with E-state index in [1.165, 1.54) is 19.1 Å². The van der Waals surface area contributed by atoms with Crippen molar-refractivity contribution in [2.75, 3.05) is 11.9 Å². The number of carbonyl (C=O) groups excluding carboxylic acids is 1. The van der Waals surface area contributed by atoms with Gasteiger partial charge in [-0.1, -0.05) is 0 Å². The van der Waals surface area contributed by atoms with Gasteiger partial charge in [0.25, 0.3) is 0 Å². The molecule has 0 bridgehead atoms. The second-order valence-corrected chi connectivity index (χ2v) is 7.00. The Morgan fingerprint density at radius 1 is 1.20 bits per heavy atom. The monoisotopic (exact) mass is 382 g/mol. The number of halogens is 3. The van der Waals surface area contributed by atoms with E-state index in [0.29, 0.717) is 5.69 Å². The molecule has 0 fully saturated rings. The first-order valence-corrected chi connectivity index (χ1v) is 8.56. The molecule has 1 aromatic rings. The van der Waals surface area contributed by atoms with Crippen LogP contribution >= 0.6 is 0 Å². The zero-order valence-electron chi connectivity index (χ0n) is 13.1. The highest BCUT2D eigenvalue weighted by Crippen LogP contribution is 2.29. The summed E-state index contributed by atoms with van der Waals surface area (Å²) in [5, 5.41) is 10.9.